The Hall–Kier alpha value is 1.09. The lowest BCUT2D eigenvalue weighted by Gasteiger charge is -1.94. The van der Waals surface area contributed by atoms with Gasteiger partial charge in [-0.25, -0.2) is 0 Å². The highest BCUT2D eigenvalue weighted by atomic mass is 79.9. The average Bonchev–Trinajstić information content (AvgIpc) is 2.41. The number of rotatable bonds is 0. The van der Waals surface area contributed by atoms with Crippen molar-refractivity contribution in [2.24, 2.45) is 0 Å². The van der Waals surface area contributed by atoms with Gasteiger partial charge in [0, 0.05) is 0 Å². The third-order valence-electron chi connectivity index (χ3n) is 0.908. The zero-order valence-electron chi connectivity index (χ0n) is 7.29. The minimum absolute atomic E-state index is 1.08. The third-order valence-corrected chi connectivity index (χ3v) is 0.908. The first kappa shape index (κ1) is 15.6. The molecule has 0 N–H and O–H groups in total. The molecule has 1 rings (SSSR count). The first-order chi connectivity index (χ1) is 5.50. The summed E-state index contributed by atoms with van der Waals surface area (Å²) in [5.74, 6) is 1.81. The van der Waals surface area contributed by atoms with Crippen molar-refractivity contribution in [1.82, 2.24) is 0 Å². The summed E-state index contributed by atoms with van der Waals surface area (Å²) < 4.78 is -1.08. The Labute approximate surface area is 98.4 Å². The Morgan fingerprint density at radius 1 is 1.08 bits per heavy atom. The first-order valence-electron chi connectivity index (χ1n) is 3.59. The lowest BCUT2D eigenvalue weighted by Crippen LogP contribution is -1.87. The van der Waals surface area contributed by atoms with Crippen molar-refractivity contribution in [1.29, 1.82) is 0 Å². The monoisotopic (exact) mass is 294 g/mol. The topological polar surface area (TPSA) is 0 Å². The smallest absolute Gasteiger partial charge is 0.0966 e. The van der Waals surface area contributed by atoms with Crippen LogP contribution >= 0.6 is 50.7 Å². The summed E-state index contributed by atoms with van der Waals surface area (Å²) in [5, 5.41) is 0. The van der Waals surface area contributed by atoms with Crippen LogP contribution in [0.25, 0.3) is 0 Å². The molecule has 0 aromatic rings. The largest absolute Gasteiger partial charge is 0.187 e. The molecule has 0 nitrogen and oxygen atoms in total. The predicted octanol–water partition coefficient (Wildman–Crippen LogP) is 5.11. The maximum Gasteiger partial charge on any atom is 0.187 e. The molecule has 4 heteroatoms. The molecular formula is C8H14BrCl3. The van der Waals surface area contributed by atoms with Crippen molar-refractivity contribution >= 4 is 50.7 Å². The molecule has 1 aliphatic carbocycles. The van der Waals surface area contributed by atoms with Crippen molar-refractivity contribution in [2.45, 2.75) is 30.0 Å². The van der Waals surface area contributed by atoms with Gasteiger partial charge in [-0.15, -0.1) is 0 Å². The average molecular weight is 296 g/mol. The van der Waals surface area contributed by atoms with Crippen molar-refractivity contribution in [2.75, 3.05) is 5.83 Å². The molecule has 0 fully saturated rings. The van der Waals surface area contributed by atoms with E-state index in [0.29, 0.717) is 0 Å². The Morgan fingerprint density at radius 3 is 1.42 bits per heavy atom. The lowest BCUT2D eigenvalue weighted by molar-refractivity contribution is 0.929. The molecule has 0 heterocycles. The van der Waals surface area contributed by atoms with Crippen LogP contribution in [0.4, 0.5) is 0 Å². The van der Waals surface area contributed by atoms with E-state index < -0.39 is 3.79 Å². The van der Waals surface area contributed by atoms with Crippen LogP contribution in [0, 0.1) is 0 Å². The van der Waals surface area contributed by atoms with Gasteiger partial charge in [-0.1, -0.05) is 62.9 Å². The van der Waals surface area contributed by atoms with Gasteiger partial charge in [0.15, 0.2) is 3.79 Å². The molecule has 0 aromatic carbocycles. The zero-order valence-corrected chi connectivity index (χ0v) is 11.1. The van der Waals surface area contributed by atoms with Gasteiger partial charge < -0.3 is 0 Å². The quantitative estimate of drug-likeness (QED) is 0.430. The Balaban J connectivity index is 0. The second-order valence-electron chi connectivity index (χ2n) is 2.18. The van der Waals surface area contributed by atoms with E-state index in [-0.39, 0.29) is 0 Å². The van der Waals surface area contributed by atoms with E-state index in [0.717, 1.165) is 0 Å². The van der Waals surface area contributed by atoms with Gasteiger partial charge in [0.25, 0.3) is 0 Å². The number of allylic oxidation sites excluding steroid dienone is 2. The van der Waals surface area contributed by atoms with Crippen LogP contribution in [0.1, 0.15) is 26.2 Å². The van der Waals surface area contributed by atoms with Crippen LogP contribution in [0.5, 0.6) is 0 Å². The minimum Gasteiger partial charge on any atom is -0.0966 e. The fourth-order valence-electron chi connectivity index (χ4n) is 0.589. The minimum atomic E-state index is -1.08. The standard InChI is InChI=1S/C5H8.C2H3Cl3.CH3Br/c1-2-4-5-3-1;1-2(3,4)5;1-2/h1-2H,3-5H2;1H3;1H3. The number of hydrogen-bond acceptors (Lipinski definition) is 0. The van der Waals surface area contributed by atoms with Gasteiger partial charge in [0.05, 0.1) is 0 Å². The molecule has 0 bridgehead atoms. The second kappa shape index (κ2) is 10.2. The lowest BCUT2D eigenvalue weighted by atomic mass is 10.4. The van der Waals surface area contributed by atoms with Crippen LogP contribution in [0.3, 0.4) is 0 Å². The van der Waals surface area contributed by atoms with Gasteiger partial charge >= 0.3 is 0 Å². The zero-order chi connectivity index (χ0) is 10.0. The molecule has 74 valence electrons. The molecule has 1 aliphatic rings. The molecule has 0 unspecified atom stereocenters. The summed E-state index contributed by atoms with van der Waals surface area (Å²) in [4.78, 5) is 0. The Morgan fingerprint density at radius 2 is 1.33 bits per heavy atom. The highest BCUT2D eigenvalue weighted by Crippen LogP contribution is 2.23. The fraction of sp³-hybridized carbons (Fsp3) is 0.750. The summed E-state index contributed by atoms with van der Waals surface area (Å²) in [6, 6.07) is 0. The van der Waals surface area contributed by atoms with Gasteiger partial charge in [0.2, 0.25) is 0 Å². The van der Waals surface area contributed by atoms with Gasteiger partial charge in [0.1, 0.15) is 0 Å². The van der Waals surface area contributed by atoms with Crippen LogP contribution < -0.4 is 0 Å². The summed E-state index contributed by atoms with van der Waals surface area (Å²) in [5.41, 5.74) is 0. The van der Waals surface area contributed by atoms with E-state index >= 15 is 0 Å². The molecule has 0 spiro atoms. The molecule has 0 aromatic heterocycles. The van der Waals surface area contributed by atoms with Crippen LogP contribution in [0.15, 0.2) is 12.2 Å². The predicted molar refractivity (Wildman–Crippen MR) is 63.8 cm³/mol. The van der Waals surface area contributed by atoms with E-state index in [2.05, 4.69) is 28.1 Å². The normalized spacial score (nSPS) is 14.2. The molecule has 0 saturated carbocycles. The van der Waals surface area contributed by atoms with Crippen molar-refractivity contribution < 1.29 is 0 Å². The highest BCUT2D eigenvalue weighted by Gasteiger charge is 2.07. The van der Waals surface area contributed by atoms with E-state index in [1.54, 1.807) is 0 Å². The van der Waals surface area contributed by atoms with E-state index in [4.69, 9.17) is 34.8 Å². The molecule has 0 aliphatic heterocycles. The summed E-state index contributed by atoms with van der Waals surface area (Å²) in [6.07, 6.45) is 8.50. The molecule has 12 heavy (non-hydrogen) atoms. The van der Waals surface area contributed by atoms with Crippen LogP contribution in [0.2, 0.25) is 0 Å². The highest BCUT2D eigenvalue weighted by molar-refractivity contribution is 9.08. The maximum atomic E-state index is 5.06. The first-order valence-corrected chi connectivity index (χ1v) is 6.31. The van der Waals surface area contributed by atoms with Crippen LogP contribution in [-0.2, 0) is 0 Å². The number of halogens is 4. The number of alkyl halides is 4. The van der Waals surface area contributed by atoms with E-state index in [1.165, 1.54) is 26.2 Å². The van der Waals surface area contributed by atoms with Gasteiger partial charge in [-0.3, -0.25) is 0 Å². The van der Waals surface area contributed by atoms with E-state index in [1.807, 2.05) is 5.83 Å². The van der Waals surface area contributed by atoms with Crippen molar-refractivity contribution in [3.63, 3.8) is 0 Å². The summed E-state index contributed by atoms with van der Waals surface area (Å²) in [6.45, 7) is 1.48. The summed E-state index contributed by atoms with van der Waals surface area (Å²) >= 11 is 18.1. The second-order valence-corrected chi connectivity index (χ2v) is 5.03. The molecular weight excluding hydrogens is 282 g/mol. The molecule has 0 atom stereocenters. The van der Waals surface area contributed by atoms with Gasteiger partial charge in [-0.05, 0) is 32.0 Å². The van der Waals surface area contributed by atoms with E-state index in [9.17, 15) is 0 Å². The molecule has 0 amide bonds. The maximum absolute atomic E-state index is 5.06. The van der Waals surface area contributed by atoms with Crippen molar-refractivity contribution in [3.05, 3.63) is 12.2 Å². The fourth-order valence-corrected chi connectivity index (χ4v) is 0.589. The van der Waals surface area contributed by atoms with Crippen molar-refractivity contribution in [3.8, 4) is 0 Å². The Kier molecular flexibility index (Phi) is 13.2. The Bertz CT molecular complexity index is 95.4. The third kappa shape index (κ3) is 30.4. The van der Waals surface area contributed by atoms with Crippen LogP contribution in [-0.4, -0.2) is 9.63 Å². The molecule has 0 saturated heterocycles. The number of hydrogen-bond donors (Lipinski definition) is 0. The SMILES string of the molecule is C1=CCCC1.CBr.CC(Cl)(Cl)Cl. The molecule has 0 radical (unpaired) electrons. The summed E-state index contributed by atoms with van der Waals surface area (Å²) in [7, 11) is 0. The van der Waals surface area contributed by atoms with Gasteiger partial charge in [-0.2, -0.15) is 0 Å².